The molecule has 0 amide bonds. The number of phenolic OH excluding ortho intramolecular Hbond substituents is 3. The van der Waals surface area contributed by atoms with E-state index in [0.29, 0.717) is 0 Å². The monoisotopic (exact) mass is 434 g/mol. The Morgan fingerprint density at radius 2 is 1.61 bits per heavy atom. The number of aromatic hydroxyl groups is 4. The molecule has 1 fully saturated rings. The van der Waals surface area contributed by atoms with Crippen molar-refractivity contribution < 1.29 is 49.6 Å². The Balaban J connectivity index is 1.89. The van der Waals surface area contributed by atoms with Crippen LogP contribution in [0.2, 0.25) is 0 Å². The number of aliphatic hydroxyl groups is 3. The van der Waals surface area contributed by atoms with Gasteiger partial charge in [-0.2, -0.15) is 0 Å². The Hall–Kier alpha value is -3.51. The first-order chi connectivity index (χ1) is 14.7. The predicted molar refractivity (Wildman–Crippen MR) is 103 cm³/mol. The molecule has 2 heterocycles. The number of hydrogen-bond acceptors (Lipinski definition) is 11. The molecule has 0 saturated carbocycles. The molecule has 0 unspecified atom stereocenters. The third kappa shape index (κ3) is 3.49. The summed E-state index contributed by atoms with van der Waals surface area (Å²) in [6.07, 6.45) is -6.25. The molecule has 11 nitrogen and oxygen atoms in total. The maximum atomic E-state index is 12.7. The van der Waals surface area contributed by atoms with Gasteiger partial charge < -0.3 is 49.6 Å². The molecule has 1 aliphatic rings. The van der Waals surface area contributed by atoms with Gasteiger partial charge in [-0.05, 0) is 24.3 Å². The lowest BCUT2D eigenvalue weighted by Gasteiger charge is -2.35. The summed E-state index contributed by atoms with van der Waals surface area (Å²) in [5, 5.41) is 69.2. The number of phenols is 3. The molecule has 2 aromatic carbocycles. The normalized spacial score (nSPS) is 23.7. The summed E-state index contributed by atoms with van der Waals surface area (Å²) in [5.74, 6) is -3.16. The van der Waals surface area contributed by atoms with Gasteiger partial charge in [0.15, 0.2) is 17.1 Å². The third-order valence-corrected chi connectivity index (χ3v) is 4.87. The van der Waals surface area contributed by atoms with Gasteiger partial charge in [-0.1, -0.05) is 0 Å². The molecule has 11 heteroatoms. The molecule has 1 aliphatic heterocycles. The van der Waals surface area contributed by atoms with Gasteiger partial charge in [0.05, 0.1) is 6.61 Å². The lowest BCUT2D eigenvalue weighted by Crippen LogP contribution is -2.54. The van der Waals surface area contributed by atoms with Gasteiger partial charge in [0.25, 0.3) is 0 Å². The molecule has 0 radical (unpaired) electrons. The quantitative estimate of drug-likeness (QED) is 0.296. The van der Waals surface area contributed by atoms with Crippen molar-refractivity contribution in [3.8, 4) is 40.1 Å². The molecule has 3 aromatic rings. The Morgan fingerprint density at radius 3 is 2.29 bits per heavy atom. The van der Waals surface area contributed by atoms with E-state index < -0.39 is 64.0 Å². The second-order valence-corrected chi connectivity index (χ2v) is 6.97. The Labute approximate surface area is 173 Å². The van der Waals surface area contributed by atoms with E-state index in [0.717, 1.165) is 6.07 Å². The maximum absolute atomic E-state index is 12.7. The van der Waals surface area contributed by atoms with Gasteiger partial charge in [0.1, 0.15) is 35.2 Å². The number of ether oxygens (including phenoxy) is 2. The first kappa shape index (κ1) is 20.8. The second-order valence-electron chi connectivity index (χ2n) is 6.97. The summed E-state index contributed by atoms with van der Waals surface area (Å²) in [6.45, 7) is -0.386. The minimum absolute atomic E-state index is 0.0742. The highest BCUT2D eigenvalue weighted by Crippen LogP contribution is 2.43. The van der Waals surface area contributed by atoms with Crippen molar-refractivity contribution in [2.24, 2.45) is 0 Å². The minimum atomic E-state index is -1.72. The highest BCUT2D eigenvalue weighted by atomic mass is 16.7. The zero-order valence-electron chi connectivity index (χ0n) is 15.7. The molecule has 4 rings (SSSR count). The molecule has 164 valence electrons. The molecule has 0 bridgehead atoms. The molecular formula is C20H18O11. The molecule has 1 aromatic heterocycles. The van der Waals surface area contributed by atoms with Gasteiger partial charge in [-0.15, -0.1) is 0 Å². The Kier molecular flexibility index (Phi) is 5.11. The van der Waals surface area contributed by atoms with E-state index >= 15 is 0 Å². The topological polar surface area (TPSA) is 190 Å². The van der Waals surface area contributed by atoms with Gasteiger partial charge >= 0.3 is 0 Å². The standard InChI is InChI=1S/C20H18O11/c21-8-3-1-7(2-4-8)17-15(27)14(26)12-9(22)5-10(23)18(19(12)30-17)31-20-16(28)13(25)11(24)6-29-20/h1-5,11,13,16,20-25,27-28H,6H2/t11-,13-,16-,20+/m1/s1. The Bertz CT molecular complexity index is 1180. The average molecular weight is 434 g/mol. The SMILES string of the molecule is O=c1c(O)c(-c2ccc(O)cc2)oc2c(O[C@@H]3OC[C@@H](O)[C@@H](O)[C@H]3O)c(O)cc(O)c12. The summed E-state index contributed by atoms with van der Waals surface area (Å²) in [6, 6.07) is 6.06. The van der Waals surface area contributed by atoms with Crippen LogP contribution in [-0.2, 0) is 4.74 Å². The van der Waals surface area contributed by atoms with Crippen LogP contribution in [0, 0.1) is 0 Å². The van der Waals surface area contributed by atoms with Gasteiger partial charge in [0.2, 0.25) is 23.2 Å². The van der Waals surface area contributed by atoms with Crippen molar-refractivity contribution in [3.05, 3.63) is 40.6 Å². The summed E-state index contributed by atoms with van der Waals surface area (Å²) >= 11 is 0. The van der Waals surface area contributed by atoms with Crippen LogP contribution in [0.5, 0.6) is 28.7 Å². The average Bonchev–Trinajstić information content (AvgIpc) is 2.73. The van der Waals surface area contributed by atoms with Gasteiger partial charge in [-0.25, -0.2) is 0 Å². The van der Waals surface area contributed by atoms with E-state index in [1.54, 1.807) is 0 Å². The van der Waals surface area contributed by atoms with Crippen molar-refractivity contribution in [3.63, 3.8) is 0 Å². The molecule has 4 atom stereocenters. The molecule has 31 heavy (non-hydrogen) atoms. The van der Waals surface area contributed by atoms with Crippen LogP contribution in [0.4, 0.5) is 0 Å². The molecule has 7 N–H and O–H groups in total. The van der Waals surface area contributed by atoms with Crippen LogP contribution in [-0.4, -0.2) is 67.0 Å². The smallest absolute Gasteiger partial charge is 0.238 e. The lowest BCUT2D eigenvalue weighted by atomic mass is 10.1. The molecule has 0 aliphatic carbocycles. The van der Waals surface area contributed by atoms with Crippen LogP contribution in [0.15, 0.2) is 39.5 Å². The fourth-order valence-corrected chi connectivity index (χ4v) is 3.22. The zero-order valence-corrected chi connectivity index (χ0v) is 15.7. The van der Waals surface area contributed by atoms with Crippen LogP contribution >= 0.6 is 0 Å². The van der Waals surface area contributed by atoms with E-state index in [-0.39, 0.29) is 23.7 Å². The van der Waals surface area contributed by atoms with E-state index in [2.05, 4.69) is 0 Å². The van der Waals surface area contributed by atoms with Crippen LogP contribution in [0.1, 0.15) is 0 Å². The first-order valence-corrected chi connectivity index (χ1v) is 9.05. The van der Waals surface area contributed by atoms with Gasteiger partial charge in [0, 0.05) is 11.6 Å². The molecule has 0 spiro atoms. The lowest BCUT2D eigenvalue weighted by molar-refractivity contribution is -0.242. The number of rotatable bonds is 3. The van der Waals surface area contributed by atoms with Crippen molar-refractivity contribution in [1.82, 2.24) is 0 Å². The van der Waals surface area contributed by atoms with Crippen molar-refractivity contribution in [2.75, 3.05) is 6.61 Å². The molecular weight excluding hydrogens is 416 g/mol. The van der Waals surface area contributed by atoms with Crippen LogP contribution < -0.4 is 10.2 Å². The van der Waals surface area contributed by atoms with Crippen LogP contribution in [0.3, 0.4) is 0 Å². The maximum Gasteiger partial charge on any atom is 0.238 e. The highest BCUT2D eigenvalue weighted by molar-refractivity contribution is 5.93. The number of hydrogen-bond donors (Lipinski definition) is 7. The van der Waals surface area contributed by atoms with E-state index in [4.69, 9.17) is 13.9 Å². The van der Waals surface area contributed by atoms with Crippen molar-refractivity contribution >= 4 is 11.0 Å². The summed E-state index contributed by atoms with van der Waals surface area (Å²) < 4.78 is 16.2. The fraction of sp³-hybridized carbons (Fsp3) is 0.250. The number of aliphatic hydroxyl groups excluding tert-OH is 3. The second kappa shape index (κ2) is 7.63. The van der Waals surface area contributed by atoms with E-state index in [1.807, 2.05) is 0 Å². The fourth-order valence-electron chi connectivity index (χ4n) is 3.22. The largest absolute Gasteiger partial charge is 0.508 e. The Morgan fingerprint density at radius 1 is 0.935 bits per heavy atom. The minimum Gasteiger partial charge on any atom is -0.508 e. The number of benzene rings is 2. The highest BCUT2D eigenvalue weighted by Gasteiger charge is 2.40. The first-order valence-electron chi connectivity index (χ1n) is 9.05. The van der Waals surface area contributed by atoms with Crippen molar-refractivity contribution in [2.45, 2.75) is 24.6 Å². The predicted octanol–water partition coefficient (Wildman–Crippen LogP) is 0.100. The van der Waals surface area contributed by atoms with E-state index in [1.165, 1.54) is 24.3 Å². The molecule has 1 saturated heterocycles. The number of fused-ring (bicyclic) bond motifs is 1. The summed E-state index contributed by atoms with van der Waals surface area (Å²) in [4.78, 5) is 12.7. The van der Waals surface area contributed by atoms with Crippen LogP contribution in [0.25, 0.3) is 22.3 Å². The summed E-state index contributed by atoms with van der Waals surface area (Å²) in [5.41, 5.74) is -1.32. The summed E-state index contributed by atoms with van der Waals surface area (Å²) in [7, 11) is 0. The van der Waals surface area contributed by atoms with Gasteiger partial charge in [-0.3, -0.25) is 4.79 Å². The zero-order chi connectivity index (χ0) is 22.4. The van der Waals surface area contributed by atoms with E-state index in [9.17, 15) is 40.5 Å². The third-order valence-electron chi connectivity index (χ3n) is 4.87. The van der Waals surface area contributed by atoms with Crippen molar-refractivity contribution in [1.29, 1.82) is 0 Å².